The summed E-state index contributed by atoms with van der Waals surface area (Å²) < 4.78 is 0. The number of rotatable bonds is 5. The minimum absolute atomic E-state index is 0.213. The second-order valence-corrected chi connectivity index (χ2v) is 4.54. The highest BCUT2D eigenvalue weighted by molar-refractivity contribution is 5.97. The normalized spacial score (nSPS) is 10.8. The summed E-state index contributed by atoms with van der Waals surface area (Å²) in [5, 5.41) is 0. The van der Waals surface area contributed by atoms with Crippen molar-refractivity contribution in [2.45, 2.75) is 39.5 Å². The van der Waals surface area contributed by atoms with E-state index in [0.717, 1.165) is 17.5 Å². The van der Waals surface area contributed by atoms with E-state index in [2.05, 4.69) is 19.9 Å². The van der Waals surface area contributed by atoms with Gasteiger partial charge in [-0.3, -0.25) is 4.79 Å². The Bertz CT molecular complexity index is 369. The van der Waals surface area contributed by atoms with Gasteiger partial charge in [-0.2, -0.15) is 0 Å². The predicted octanol–water partition coefficient (Wildman–Crippen LogP) is 3.04. The SMILES string of the molecule is Cc1ccc(C(C)C)cc1C(=O)CCCN. The molecule has 2 heteroatoms. The summed E-state index contributed by atoms with van der Waals surface area (Å²) >= 11 is 0. The van der Waals surface area contributed by atoms with Crippen LogP contribution >= 0.6 is 0 Å². The molecule has 0 radical (unpaired) electrons. The highest BCUT2D eigenvalue weighted by Crippen LogP contribution is 2.20. The van der Waals surface area contributed by atoms with Crippen LogP contribution in [-0.4, -0.2) is 12.3 Å². The molecule has 0 bridgehead atoms. The maximum absolute atomic E-state index is 11.9. The zero-order valence-electron chi connectivity index (χ0n) is 10.4. The Hall–Kier alpha value is -1.15. The fourth-order valence-electron chi connectivity index (χ4n) is 1.70. The minimum atomic E-state index is 0.213. The van der Waals surface area contributed by atoms with Crippen LogP contribution in [0.1, 0.15) is 54.1 Å². The fourth-order valence-corrected chi connectivity index (χ4v) is 1.70. The van der Waals surface area contributed by atoms with Gasteiger partial charge in [0.05, 0.1) is 0 Å². The summed E-state index contributed by atoms with van der Waals surface area (Å²) in [5.74, 6) is 0.673. The molecule has 0 saturated heterocycles. The molecule has 1 rings (SSSR count). The lowest BCUT2D eigenvalue weighted by Crippen LogP contribution is -2.07. The molecule has 0 aliphatic carbocycles. The number of aryl methyl sites for hydroxylation is 1. The first kappa shape index (κ1) is 12.9. The van der Waals surface area contributed by atoms with E-state index < -0.39 is 0 Å². The lowest BCUT2D eigenvalue weighted by molar-refractivity contribution is 0.0980. The third-order valence-electron chi connectivity index (χ3n) is 2.84. The van der Waals surface area contributed by atoms with Gasteiger partial charge < -0.3 is 5.73 Å². The summed E-state index contributed by atoms with van der Waals surface area (Å²) in [4.78, 5) is 11.9. The Morgan fingerprint density at radius 1 is 1.38 bits per heavy atom. The molecule has 0 saturated carbocycles. The van der Waals surface area contributed by atoms with Crippen LogP contribution < -0.4 is 5.73 Å². The van der Waals surface area contributed by atoms with Gasteiger partial charge in [0.1, 0.15) is 0 Å². The first-order valence-corrected chi connectivity index (χ1v) is 5.90. The highest BCUT2D eigenvalue weighted by atomic mass is 16.1. The minimum Gasteiger partial charge on any atom is -0.330 e. The summed E-state index contributed by atoms with van der Waals surface area (Å²) in [6, 6.07) is 6.16. The van der Waals surface area contributed by atoms with E-state index >= 15 is 0 Å². The average molecular weight is 219 g/mol. The van der Waals surface area contributed by atoms with E-state index in [1.807, 2.05) is 19.1 Å². The van der Waals surface area contributed by atoms with E-state index in [1.54, 1.807) is 0 Å². The number of ketones is 1. The van der Waals surface area contributed by atoms with Crippen molar-refractivity contribution in [2.75, 3.05) is 6.54 Å². The molecule has 1 aromatic rings. The van der Waals surface area contributed by atoms with Crippen LogP contribution in [0.2, 0.25) is 0 Å². The highest BCUT2D eigenvalue weighted by Gasteiger charge is 2.10. The molecule has 88 valence electrons. The molecule has 0 amide bonds. The number of nitrogens with two attached hydrogens (primary N) is 1. The molecule has 2 N–H and O–H groups in total. The van der Waals surface area contributed by atoms with Gasteiger partial charge in [0, 0.05) is 12.0 Å². The molecule has 0 unspecified atom stereocenters. The average Bonchev–Trinajstić information content (AvgIpc) is 2.26. The molecule has 0 atom stereocenters. The van der Waals surface area contributed by atoms with Crippen LogP contribution in [0.15, 0.2) is 18.2 Å². The number of carbonyl (C=O) groups is 1. The Kier molecular flexibility index (Phi) is 4.69. The standard InChI is InChI=1S/C14H21NO/c1-10(2)12-7-6-11(3)13(9-12)14(16)5-4-8-15/h6-7,9-10H,4-5,8,15H2,1-3H3. The van der Waals surface area contributed by atoms with E-state index in [9.17, 15) is 4.79 Å². The number of benzene rings is 1. The van der Waals surface area contributed by atoms with Gasteiger partial charge in [-0.1, -0.05) is 26.0 Å². The van der Waals surface area contributed by atoms with Gasteiger partial charge in [-0.25, -0.2) is 0 Å². The van der Waals surface area contributed by atoms with Crippen molar-refractivity contribution in [1.29, 1.82) is 0 Å². The molecule has 0 aliphatic heterocycles. The number of hydrogen-bond acceptors (Lipinski definition) is 2. The molecular weight excluding hydrogens is 198 g/mol. The van der Waals surface area contributed by atoms with Crippen molar-refractivity contribution in [2.24, 2.45) is 5.73 Å². The lowest BCUT2D eigenvalue weighted by atomic mass is 9.94. The van der Waals surface area contributed by atoms with Crippen molar-refractivity contribution >= 4 is 5.78 Å². The van der Waals surface area contributed by atoms with Crippen molar-refractivity contribution < 1.29 is 4.79 Å². The van der Waals surface area contributed by atoms with Gasteiger partial charge in [0.15, 0.2) is 5.78 Å². The Morgan fingerprint density at radius 3 is 2.62 bits per heavy atom. The zero-order chi connectivity index (χ0) is 12.1. The third-order valence-corrected chi connectivity index (χ3v) is 2.84. The summed E-state index contributed by atoms with van der Waals surface area (Å²) in [6.07, 6.45) is 1.32. The Morgan fingerprint density at radius 2 is 2.06 bits per heavy atom. The maximum Gasteiger partial charge on any atom is 0.163 e. The van der Waals surface area contributed by atoms with Crippen LogP contribution in [0.5, 0.6) is 0 Å². The molecule has 0 spiro atoms. The quantitative estimate of drug-likeness (QED) is 0.773. The molecule has 0 aliphatic rings. The van der Waals surface area contributed by atoms with E-state index in [0.29, 0.717) is 18.9 Å². The number of Topliss-reactive ketones (excluding diaryl/α,β-unsaturated/α-hetero) is 1. The summed E-state index contributed by atoms with van der Waals surface area (Å²) in [7, 11) is 0. The second-order valence-electron chi connectivity index (χ2n) is 4.54. The van der Waals surface area contributed by atoms with Gasteiger partial charge in [0.25, 0.3) is 0 Å². The lowest BCUT2D eigenvalue weighted by Gasteiger charge is -2.10. The molecule has 0 aromatic heterocycles. The van der Waals surface area contributed by atoms with Crippen LogP contribution in [0.3, 0.4) is 0 Å². The molecular formula is C14H21NO. The molecule has 0 fully saturated rings. The zero-order valence-corrected chi connectivity index (χ0v) is 10.4. The Balaban J connectivity index is 2.93. The van der Waals surface area contributed by atoms with Gasteiger partial charge in [-0.15, -0.1) is 0 Å². The smallest absolute Gasteiger partial charge is 0.163 e. The summed E-state index contributed by atoms with van der Waals surface area (Å²) in [5.41, 5.74) is 8.56. The van der Waals surface area contributed by atoms with E-state index in [1.165, 1.54) is 5.56 Å². The van der Waals surface area contributed by atoms with Crippen molar-refractivity contribution in [3.05, 3.63) is 34.9 Å². The van der Waals surface area contributed by atoms with Gasteiger partial charge in [-0.05, 0) is 43.0 Å². The van der Waals surface area contributed by atoms with Gasteiger partial charge in [0.2, 0.25) is 0 Å². The number of carbonyl (C=O) groups excluding carboxylic acids is 1. The maximum atomic E-state index is 11.9. The molecule has 1 aromatic carbocycles. The largest absolute Gasteiger partial charge is 0.330 e. The van der Waals surface area contributed by atoms with Crippen molar-refractivity contribution in [1.82, 2.24) is 0 Å². The monoisotopic (exact) mass is 219 g/mol. The van der Waals surface area contributed by atoms with E-state index in [4.69, 9.17) is 5.73 Å². The van der Waals surface area contributed by atoms with Crippen LogP contribution in [0.25, 0.3) is 0 Å². The molecule has 2 nitrogen and oxygen atoms in total. The van der Waals surface area contributed by atoms with Crippen molar-refractivity contribution in [3.63, 3.8) is 0 Å². The van der Waals surface area contributed by atoms with Crippen LogP contribution in [0, 0.1) is 6.92 Å². The van der Waals surface area contributed by atoms with Crippen molar-refractivity contribution in [3.8, 4) is 0 Å². The Labute approximate surface area is 97.9 Å². The molecule has 0 heterocycles. The summed E-state index contributed by atoms with van der Waals surface area (Å²) in [6.45, 7) is 6.84. The van der Waals surface area contributed by atoms with Crippen LogP contribution in [0.4, 0.5) is 0 Å². The van der Waals surface area contributed by atoms with Gasteiger partial charge >= 0.3 is 0 Å². The topological polar surface area (TPSA) is 43.1 Å². The van der Waals surface area contributed by atoms with Crippen LogP contribution in [-0.2, 0) is 0 Å². The predicted molar refractivity (Wildman–Crippen MR) is 67.9 cm³/mol. The fraction of sp³-hybridized carbons (Fsp3) is 0.500. The number of hydrogen-bond donors (Lipinski definition) is 1. The first-order chi connectivity index (χ1) is 7.56. The molecule has 16 heavy (non-hydrogen) atoms. The third kappa shape index (κ3) is 3.17. The van der Waals surface area contributed by atoms with E-state index in [-0.39, 0.29) is 5.78 Å². The second kappa shape index (κ2) is 5.80. The first-order valence-electron chi connectivity index (χ1n) is 5.90.